The normalized spacial score (nSPS) is 33.4. The van der Waals surface area contributed by atoms with Crippen LogP contribution in [0.25, 0.3) is 0 Å². The molecule has 1 fully saturated rings. The van der Waals surface area contributed by atoms with Gasteiger partial charge in [-0.2, -0.15) is 0 Å². The Kier molecular flexibility index (Phi) is 2.31. The summed E-state index contributed by atoms with van der Waals surface area (Å²) >= 11 is 4.03. The molecule has 0 aromatic heterocycles. The maximum Gasteiger partial charge on any atom is 0.319 e. The number of thioether (sulfide) groups is 1. The predicted octanol–water partition coefficient (Wildman–Crippen LogP) is -0.462. The van der Waals surface area contributed by atoms with Gasteiger partial charge in [-0.15, -0.1) is 11.8 Å². The van der Waals surface area contributed by atoms with Gasteiger partial charge in [0.1, 0.15) is 4.99 Å². The number of nitrogens with zero attached hydrogens (tertiary/aromatic N) is 1. The van der Waals surface area contributed by atoms with Crippen LogP contribution >= 0.6 is 11.8 Å². The second kappa shape index (κ2) is 2.74. The summed E-state index contributed by atoms with van der Waals surface area (Å²) in [6.07, 6.45) is 0. The minimum atomic E-state index is -0.220. The van der Waals surface area contributed by atoms with Crippen molar-refractivity contribution in [3.63, 3.8) is 0 Å². The van der Waals surface area contributed by atoms with E-state index in [0.29, 0.717) is 5.75 Å². The molecular weight excluding hydrogens is 163 g/mol. The monoisotopic (exact) mass is 172 g/mol. The summed E-state index contributed by atoms with van der Waals surface area (Å²) < 4.78 is 1.65. The smallest absolute Gasteiger partial charge is 0.319 e. The van der Waals surface area contributed by atoms with Gasteiger partial charge in [-0.3, -0.25) is 10.1 Å². The van der Waals surface area contributed by atoms with Crippen molar-refractivity contribution in [3.05, 3.63) is 0 Å². The lowest BCUT2D eigenvalue weighted by atomic mass is 10.5. The molecule has 0 bridgehead atoms. The van der Waals surface area contributed by atoms with Gasteiger partial charge < -0.3 is 3.88 Å². The molecular formula is C5H9AlN2OS. The molecule has 1 amide bonds. The molecule has 0 aromatic rings. The van der Waals surface area contributed by atoms with E-state index < -0.39 is 0 Å². The highest BCUT2D eigenvalue weighted by molar-refractivity contribution is 8.01. The fourth-order valence-corrected chi connectivity index (χ4v) is 2.28. The van der Waals surface area contributed by atoms with E-state index in [-0.39, 0.29) is 10.9 Å². The van der Waals surface area contributed by atoms with Crippen LogP contribution < -0.4 is 5.32 Å². The van der Waals surface area contributed by atoms with Gasteiger partial charge in [0.15, 0.2) is 0 Å². The molecule has 1 unspecified atom stereocenters. The quantitative estimate of drug-likeness (QED) is 0.543. The molecule has 1 saturated heterocycles. The van der Waals surface area contributed by atoms with Crippen molar-refractivity contribution in [2.75, 3.05) is 12.8 Å². The maximum atomic E-state index is 11.0. The number of hydrogen-bond donors (Lipinski definition) is 1. The predicted molar refractivity (Wildman–Crippen MR) is 42.5 cm³/mol. The molecule has 1 rings (SSSR count). The van der Waals surface area contributed by atoms with Crippen LogP contribution in [0.3, 0.4) is 0 Å². The highest BCUT2D eigenvalue weighted by atomic mass is 32.2. The van der Waals surface area contributed by atoms with Crippen LogP contribution in [0.4, 0.5) is 0 Å². The van der Waals surface area contributed by atoms with E-state index in [9.17, 15) is 4.79 Å². The van der Waals surface area contributed by atoms with Gasteiger partial charge in [0.25, 0.3) is 0 Å². The van der Waals surface area contributed by atoms with Crippen LogP contribution in [0.2, 0.25) is 0 Å². The molecule has 10 heavy (non-hydrogen) atoms. The summed E-state index contributed by atoms with van der Waals surface area (Å²) in [6.45, 7) is 1.98. The first kappa shape index (κ1) is 8.41. The first-order valence-electron chi connectivity index (χ1n) is 3.01. The summed E-state index contributed by atoms with van der Waals surface area (Å²) in [5.41, 5.74) is 0. The van der Waals surface area contributed by atoms with Crippen molar-refractivity contribution in [2.45, 2.75) is 11.9 Å². The number of carbonyl (C=O) groups is 1. The van der Waals surface area contributed by atoms with Gasteiger partial charge in [-0.25, -0.2) is 0 Å². The van der Waals surface area contributed by atoms with Gasteiger partial charge in [0.2, 0.25) is 5.91 Å². The maximum absolute atomic E-state index is 11.0. The van der Waals surface area contributed by atoms with Crippen molar-refractivity contribution >= 4 is 34.2 Å². The molecule has 0 aliphatic carbocycles. The Labute approximate surface area is 73.2 Å². The zero-order valence-electron chi connectivity index (χ0n) is 6.05. The molecule has 1 aliphatic rings. The number of amides is 1. The van der Waals surface area contributed by atoms with Crippen molar-refractivity contribution in [2.24, 2.45) is 0 Å². The third kappa shape index (κ3) is 1.19. The van der Waals surface area contributed by atoms with Crippen LogP contribution in [0.1, 0.15) is 6.92 Å². The Morgan fingerprint density at radius 2 is 2.50 bits per heavy atom. The molecule has 0 saturated carbocycles. The lowest BCUT2D eigenvalue weighted by Gasteiger charge is -2.32. The molecule has 3 nitrogen and oxygen atoms in total. The first-order valence-corrected chi connectivity index (χ1v) is 4.51. The third-order valence-electron chi connectivity index (χ3n) is 1.67. The standard InChI is InChI=1S/C5H10N2OS.Al/c1-5(6-2)7-4(8)3-9-5;/h6H,3H2,1-2H3,(H,7,8);/q;+1/p-1. The van der Waals surface area contributed by atoms with Gasteiger partial charge in [-0.1, -0.05) is 0 Å². The summed E-state index contributed by atoms with van der Waals surface area (Å²) in [6, 6.07) is 0. The molecule has 1 aliphatic heterocycles. The molecule has 0 aromatic carbocycles. The number of carbonyl (C=O) groups excluding carboxylic acids is 1. The largest absolute Gasteiger partial charge is 0.428 e. The van der Waals surface area contributed by atoms with Gasteiger partial charge in [-0.05, 0) is 14.0 Å². The third-order valence-corrected chi connectivity index (χ3v) is 4.01. The van der Waals surface area contributed by atoms with Gasteiger partial charge in [0.05, 0.1) is 5.75 Å². The van der Waals surface area contributed by atoms with E-state index in [1.165, 1.54) is 0 Å². The Morgan fingerprint density at radius 3 is 2.70 bits per heavy atom. The van der Waals surface area contributed by atoms with Crippen molar-refractivity contribution < 1.29 is 4.79 Å². The van der Waals surface area contributed by atoms with Crippen molar-refractivity contribution in [1.29, 1.82) is 0 Å². The molecule has 54 valence electrons. The molecule has 5 heteroatoms. The summed E-state index contributed by atoms with van der Waals surface area (Å²) in [7, 11) is 1.85. The lowest BCUT2D eigenvalue weighted by Crippen LogP contribution is -2.49. The molecule has 1 heterocycles. The Morgan fingerprint density at radius 1 is 1.90 bits per heavy atom. The average molecular weight is 172 g/mol. The van der Waals surface area contributed by atoms with E-state index in [0.717, 1.165) is 0 Å². The van der Waals surface area contributed by atoms with E-state index in [2.05, 4.69) is 21.8 Å². The summed E-state index contributed by atoms with van der Waals surface area (Å²) in [4.78, 5) is 10.8. The number of nitrogens with one attached hydrogen (secondary N) is 1. The molecule has 0 spiro atoms. The molecule has 2 radical (unpaired) electrons. The van der Waals surface area contributed by atoms with E-state index in [1.54, 1.807) is 15.6 Å². The van der Waals surface area contributed by atoms with Crippen molar-refractivity contribution in [3.8, 4) is 0 Å². The zero-order chi connectivity index (χ0) is 7.78. The topological polar surface area (TPSA) is 32.3 Å². The van der Waals surface area contributed by atoms with Crippen LogP contribution in [0.15, 0.2) is 0 Å². The highest BCUT2D eigenvalue weighted by Gasteiger charge is 2.36. The Balaban J connectivity index is 2.73. The van der Waals surface area contributed by atoms with Gasteiger partial charge >= 0.3 is 16.5 Å². The highest BCUT2D eigenvalue weighted by Crippen LogP contribution is 2.30. The zero-order valence-corrected chi connectivity index (χ0v) is 8.02. The molecule has 1 N–H and O–H groups in total. The first-order chi connectivity index (χ1) is 4.60. The molecule has 1 atom stereocenters. The van der Waals surface area contributed by atoms with Crippen LogP contribution in [-0.2, 0) is 4.79 Å². The van der Waals surface area contributed by atoms with Crippen LogP contribution in [0.5, 0.6) is 0 Å². The van der Waals surface area contributed by atoms with Crippen LogP contribution in [0, 0.1) is 0 Å². The van der Waals surface area contributed by atoms with E-state index in [4.69, 9.17) is 0 Å². The lowest BCUT2D eigenvalue weighted by molar-refractivity contribution is -0.125. The van der Waals surface area contributed by atoms with Crippen LogP contribution in [-0.4, -0.2) is 44.1 Å². The average Bonchev–Trinajstić information content (AvgIpc) is 2.19. The summed E-state index contributed by atoms with van der Waals surface area (Å²) in [5, 5.41) is 3.07. The second-order valence-electron chi connectivity index (χ2n) is 2.29. The second-order valence-corrected chi connectivity index (χ2v) is 4.17. The Bertz CT molecular complexity index is 166. The fraction of sp³-hybridized carbons (Fsp3) is 0.800. The number of hydrogen-bond acceptors (Lipinski definition) is 3. The van der Waals surface area contributed by atoms with E-state index >= 15 is 0 Å². The van der Waals surface area contributed by atoms with Crippen molar-refractivity contribution in [1.82, 2.24) is 9.20 Å². The van der Waals surface area contributed by atoms with E-state index in [1.807, 2.05) is 14.0 Å². The summed E-state index contributed by atoms with van der Waals surface area (Å²) in [5.74, 6) is 0.729. The number of rotatable bonds is 1. The SMILES string of the molecule is CNC1(C)SCC(=O)[N]1[Al]. The fourth-order valence-electron chi connectivity index (χ4n) is 0.772. The minimum absolute atomic E-state index is 0.159. The minimum Gasteiger partial charge on any atom is -0.428 e. The van der Waals surface area contributed by atoms with Gasteiger partial charge in [0, 0.05) is 0 Å². The Hall–Kier alpha value is 0.312.